The molecule has 0 spiro atoms. The van der Waals surface area contributed by atoms with Crippen molar-refractivity contribution in [2.75, 3.05) is 6.61 Å². The van der Waals surface area contributed by atoms with Crippen molar-refractivity contribution in [1.82, 2.24) is 9.78 Å². The number of hydrogen-bond donors (Lipinski definition) is 2. The van der Waals surface area contributed by atoms with E-state index in [0.717, 1.165) is 25.7 Å². The van der Waals surface area contributed by atoms with Crippen molar-refractivity contribution >= 4 is 5.57 Å². The second-order valence-electron chi connectivity index (χ2n) is 9.24. The Morgan fingerprint density at radius 2 is 1.82 bits per heavy atom. The van der Waals surface area contributed by atoms with Crippen molar-refractivity contribution in [3.8, 4) is 22.3 Å². The first-order valence-corrected chi connectivity index (χ1v) is 11.0. The Kier molecular flexibility index (Phi) is 4.85. The largest absolute Gasteiger partial charge is 0.425 e. The maximum Gasteiger partial charge on any atom is 0.425 e. The molecule has 0 radical (unpaired) electrons. The Balaban J connectivity index is 1.79. The lowest BCUT2D eigenvalue weighted by atomic mass is 9.87. The number of benzene rings is 2. The molecule has 1 saturated carbocycles. The molecule has 2 N–H and O–H groups in total. The van der Waals surface area contributed by atoms with Crippen molar-refractivity contribution in [2.45, 2.75) is 49.9 Å². The summed E-state index contributed by atoms with van der Waals surface area (Å²) in [5, 5.41) is 25.7. The lowest BCUT2D eigenvalue weighted by Gasteiger charge is -2.29. The van der Waals surface area contributed by atoms with Crippen LogP contribution in [0.25, 0.3) is 27.8 Å². The van der Waals surface area contributed by atoms with Crippen molar-refractivity contribution < 1.29 is 23.4 Å². The van der Waals surface area contributed by atoms with Crippen molar-refractivity contribution in [3.63, 3.8) is 0 Å². The van der Waals surface area contributed by atoms with Crippen LogP contribution in [0.3, 0.4) is 0 Å². The number of rotatable bonds is 4. The summed E-state index contributed by atoms with van der Waals surface area (Å²) in [6, 6.07) is 9.31. The summed E-state index contributed by atoms with van der Waals surface area (Å²) >= 11 is 0. The normalized spacial score (nSPS) is 21.2. The highest BCUT2D eigenvalue weighted by Gasteiger charge is 2.61. The fraction of sp³-hybridized carbons (Fsp3) is 0.346. The van der Waals surface area contributed by atoms with Gasteiger partial charge in [-0.15, -0.1) is 0 Å². The molecule has 2 aliphatic rings. The maximum atomic E-state index is 14.4. The van der Waals surface area contributed by atoms with E-state index >= 15 is 0 Å². The first kappa shape index (κ1) is 21.9. The van der Waals surface area contributed by atoms with Gasteiger partial charge in [-0.3, -0.25) is 4.68 Å². The fourth-order valence-electron chi connectivity index (χ4n) is 5.37. The van der Waals surface area contributed by atoms with E-state index in [1.807, 2.05) is 6.07 Å². The van der Waals surface area contributed by atoms with Crippen LogP contribution in [0.15, 0.2) is 55.4 Å². The maximum absolute atomic E-state index is 14.4. The number of aliphatic hydroxyl groups excluding tert-OH is 1. The molecule has 1 heterocycles. The van der Waals surface area contributed by atoms with Crippen molar-refractivity contribution in [2.24, 2.45) is 0 Å². The number of nitrogens with zero attached hydrogens (tertiary/aromatic N) is 2. The van der Waals surface area contributed by atoms with E-state index in [1.54, 1.807) is 36.1 Å². The van der Waals surface area contributed by atoms with Crippen LogP contribution in [0.4, 0.5) is 13.2 Å². The number of fused-ring (bicyclic) bond motifs is 3. The van der Waals surface area contributed by atoms with Gasteiger partial charge in [-0.05, 0) is 54.2 Å². The van der Waals surface area contributed by atoms with Crippen LogP contribution in [-0.2, 0) is 11.1 Å². The van der Waals surface area contributed by atoms with Crippen molar-refractivity contribution in [3.05, 3.63) is 72.1 Å². The zero-order valence-corrected chi connectivity index (χ0v) is 18.3. The van der Waals surface area contributed by atoms with Gasteiger partial charge in [0.25, 0.3) is 0 Å². The molecule has 0 amide bonds. The summed E-state index contributed by atoms with van der Waals surface area (Å²) in [5.41, 5.74) is -0.990. The van der Waals surface area contributed by atoms with E-state index in [2.05, 4.69) is 11.7 Å². The van der Waals surface area contributed by atoms with Crippen LogP contribution in [0.5, 0.6) is 0 Å². The van der Waals surface area contributed by atoms with Gasteiger partial charge in [-0.1, -0.05) is 49.3 Å². The monoisotopic (exact) mass is 454 g/mol. The van der Waals surface area contributed by atoms with Gasteiger partial charge in [-0.2, -0.15) is 18.3 Å². The summed E-state index contributed by atoms with van der Waals surface area (Å²) < 4.78 is 44.8. The summed E-state index contributed by atoms with van der Waals surface area (Å²) in [4.78, 5) is 0. The van der Waals surface area contributed by atoms with E-state index < -0.39 is 17.3 Å². The number of halogens is 3. The number of hydrogen-bond acceptors (Lipinski definition) is 3. The standard InChI is InChI=1S/C26H25F3N2O2/c1-16(2)17-11-20(18-13-30-31(14-18)24(15-32)9-5-6-10-24)23-19-7-3-4-8-21(19)25(33,22(23)12-17)26(27,28)29/h3-4,7-8,11-14,32-33H,1,5-6,9-10,15H2,2H3. The first-order chi connectivity index (χ1) is 15.6. The number of alkyl halides is 3. The average molecular weight is 454 g/mol. The Morgan fingerprint density at radius 1 is 1.12 bits per heavy atom. The second-order valence-corrected chi connectivity index (χ2v) is 9.24. The highest BCUT2D eigenvalue weighted by molar-refractivity contribution is 5.94. The molecule has 4 nitrogen and oxygen atoms in total. The van der Waals surface area contributed by atoms with Crippen LogP contribution < -0.4 is 0 Å². The van der Waals surface area contributed by atoms with Gasteiger partial charge in [0.1, 0.15) is 0 Å². The Bertz CT molecular complexity index is 1250. The molecule has 1 unspecified atom stereocenters. The molecule has 172 valence electrons. The van der Waals surface area contributed by atoms with E-state index in [1.165, 1.54) is 18.2 Å². The highest BCUT2D eigenvalue weighted by Crippen LogP contribution is 2.57. The fourth-order valence-corrected chi connectivity index (χ4v) is 5.37. The minimum Gasteiger partial charge on any atom is -0.394 e. The van der Waals surface area contributed by atoms with E-state index in [0.29, 0.717) is 33.4 Å². The summed E-state index contributed by atoms with van der Waals surface area (Å²) in [6.07, 6.45) is 2.09. The molecule has 2 aliphatic carbocycles. The molecule has 0 bridgehead atoms. The first-order valence-electron chi connectivity index (χ1n) is 11.0. The van der Waals surface area contributed by atoms with Gasteiger partial charge in [-0.25, -0.2) is 0 Å². The predicted octanol–water partition coefficient (Wildman–Crippen LogP) is 5.62. The zero-order chi connectivity index (χ0) is 23.6. The lowest BCUT2D eigenvalue weighted by Crippen LogP contribution is -2.41. The number of aromatic nitrogens is 2. The minimum absolute atomic E-state index is 0.0469. The van der Waals surface area contributed by atoms with Gasteiger partial charge in [0.05, 0.1) is 18.3 Å². The number of aliphatic hydroxyl groups is 2. The molecule has 1 aromatic heterocycles. The smallest absolute Gasteiger partial charge is 0.394 e. The van der Waals surface area contributed by atoms with Crippen LogP contribution in [0.1, 0.15) is 49.3 Å². The molecule has 1 fully saturated rings. The highest BCUT2D eigenvalue weighted by atomic mass is 19.4. The van der Waals surface area contributed by atoms with Gasteiger partial charge in [0.2, 0.25) is 5.60 Å². The third-order valence-corrected chi connectivity index (χ3v) is 7.23. The van der Waals surface area contributed by atoms with Crippen LogP contribution in [-0.4, -0.2) is 32.8 Å². The molecule has 1 atom stereocenters. The molecular formula is C26H25F3N2O2. The van der Waals surface area contributed by atoms with Crippen LogP contribution in [0, 0.1) is 0 Å². The van der Waals surface area contributed by atoms with E-state index in [4.69, 9.17) is 0 Å². The number of allylic oxidation sites excluding steroid dienone is 1. The third kappa shape index (κ3) is 3.02. The van der Waals surface area contributed by atoms with Gasteiger partial charge < -0.3 is 10.2 Å². The quantitative estimate of drug-likeness (QED) is 0.538. The predicted molar refractivity (Wildman–Crippen MR) is 120 cm³/mol. The molecular weight excluding hydrogens is 429 g/mol. The van der Waals surface area contributed by atoms with E-state index in [9.17, 15) is 23.4 Å². The zero-order valence-electron chi connectivity index (χ0n) is 18.3. The molecule has 2 aromatic carbocycles. The Hall–Kier alpha value is -2.90. The second kappa shape index (κ2) is 7.30. The molecule has 5 rings (SSSR count). The summed E-state index contributed by atoms with van der Waals surface area (Å²) in [7, 11) is 0. The summed E-state index contributed by atoms with van der Waals surface area (Å²) in [5.74, 6) is 0. The lowest BCUT2D eigenvalue weighted by molar-refractivity contribution is -0.246. The van der Waals surface area contributed by atoms with E-state index in [-0.39, 0.29) is 17.7 Å². The topological polar surface area (TPSA) is 58.3 Å². The minimum atomic E-state index is -4.91. The third-order valence-electron chi connectivity index (χ3n) is 7.23. The van der Waals surface area contributed by atoms with Crippen LogP contribution in [0.2, 0.25) is 0 Å². The van der Waals surface area contributed by atoms with Crippen molar-refractivity contribution in [1.29, 1.82) is 0 Å². The van der Waals surface area contributed by atoms with Gasteiger partial charge in [0.15, 0.2) is 0 Å². The molecule has 3 aromatic rings. The average Bonchev–Trinajstić information content (AvgIpc) is 3.51. The molecule has 0 saturated heterocycles. The van der Waals surface area contributed by atoms with Gasteiger partial charge >= 0.3 is 6.18 Å². The summed E-state index contributed by atoms with van der Waals surface area (Å²) in [6.45, 7) is 5.60. The molecule has 7 heteroatoms. The van der Waals surface area contributed by atoms with Gasteiger partial charge in [0, 0.05) is 22.9 Å². The Labute approximate surface area is 190 Å². The Morgan fingerprint density at radius 3 is 2.45 bits per heavy atom. The molecule has 33 heavy (non-hydrogen) atoms. The SMILES string of the molecule is C=C(C)c1cc(-c2cnn(C3(CO)CCCC3)c2)c2c(c1)C(O)(C(F)(F)F)c1ccccc1-2. The molecule has 0 aliphatic heterocycles. The van der Waals surface area contributed by atoms with Crippen LogP contribution >= 0.6 is 0 Å².